The van der Waals surface area contributed by atoms with Crippen LogP contribution in [0, 0.1) is 12.8 Å². The van der Waals surface area contributed by atoms with Gasteiger partial charge in [0, 0.05) is 50.2 Å². The van der Waals surface area contributed by atoms with Gasteiger partial charge in [-0.05, 0) is 37.6 Å². The Balaban J connectivity index is 1.40. The van der Waals surface area contributed by atoms with Crippen molar-refractivity contribution in [1.29, 1.82) is 0 Å². The molecule has 0 spiro atoms. The van der Waals surface area contributed by atoms with E-state index in [2.05, 4.69) is 15.2 Å². The minimum absolute atomic E-state index is 0.0251. The second-order valence-corrected chi connectivity index (χ2v) is 7.42. The van der Waals surface area contributed by atoms with Crippen molar-refractivity contribution in [2.24, 2.45) is 5.92 Å². The number of hydrogen-bond donors (Lipinski definition) is 1. The van der Waals surface area contributed by atoms with E-state index in [1.54, 1.807) is 7.11 Å². The molecule has 1 N–H and O–H groups in total. The van der Waals surface area contributed by atoms with Gasteiger partial charge in [0.15, 0.2) is 0 Å². The fraction of sp³-hybridized carbons (Fsp3) is 0.476. The molecule has 2 aliphatic rings. The van der Waals surface area contributed by atoms with Crippen LogP contribution in [-0.2, 0) is 9.53 Å². The van der Waals surface area contributed by atoms with Crippen molar-refractivity contribution in [2.45, 2.75) is 13.3 Å². The summed E-state index contributed by atoms with van der Waals surface area (Å²) in [6.45, 7) is 6.04. The van der Waals surface area contributed by atoms with Gasteiger partial charge >= 0.3 is 0 Å². The zero-order valence-electron chi connectivity index (χ0n) is 16.9. The number of nitrogens with zero attached hydrogens (tertiary/aromatic N) is 4. The number of rotatable bonds is 5. The Morgan fingerprint density at radius 2 is 1.93 bits per heavy atom. The summed E-state index contributed by atoms with van der Waals surface area (Å²) in [5.74, 6) is 2.49. The summed E-state index contributed by atoms with van der Waals surface area (Å²) >= 11 is 0. The Bertz CT molecular complexity index is 844. The lowest BCUT2D eigenvalue weighted by molar-refractivity contribution is -0.135. The van der Waals surface area contributed by atoms with E-state index in [1.165, 1.54) is 0 Å². The number of piperazine rings is 1. The molecule has 0 bridgehead atoms. The first-order valence-electron chi connectivity index (χ1n) is 10.0. The molecule has 2 aliphatic heterocycles. The predicted molar refractivity (Wildman–Crippen MR) is 111 cm³/mol. The Hall–Kier alpha value is -2.87. The molecule has 1 atom stereocenters. The maximum atomic E-state index is 12.6. The Labute approximate surface area is 170 Å². The number of methoxy groups -OCH3 is 1. The molecule has 0 aliphatic carbocycles. The van der Waals surface area contributed by atoms with Gasteiger partial charge in [-0.2, -0.15) is 4.98 Å². The van der Waals surface area contributed by atoms with Crippen LogP contribution in [0.2, 0.25) is 0 Å². The van der Waals surface area contributed by atoms with Gasteiger partial charge in [0.2, 0.25) is 11.9 Å². The summed E-state index contributed by atoms with van der Waals surface area (Å²) in [6, 6.07) is 9.64. The van der Waals surface area contributed by atoms with E-state index in [4.69, 9.17) is 14.5 Å². The summed E-state index contributed by atoms with van der Waals surface area (Å²) in [7, 11) is 1.65. The van der Waals surface area contributed by atoms with E-state index in [9.17, 15) is 4.79 Å². The zero-order chi connectivity index (χ0) is 20.2. The van der Waals surface area contributed by atoms with Crippen LogP contribution in [-0.4, -0.2) is 67.3 Å². The van der Waals surface area contributed by atoms with Crippen molar-refractivity contribution in [2.75, 3.05) is 56.7 Å². The Kier molecular flexibility index (Phi) is 5.80. The number of aryl methyl sites for hydroxylation is 1. The molecule has 1 aromatic carbocycles. The molecule has 8 nitrogen and oxygen atoms in total. The molecule has 3 heterocycles. The first-order chi connectivity index (χ1) is 14.1. The van der Waals surface area contributed by atoms with Gasteiger partial charge in [-0.25, -0.2) is 4.98 Å². The summed E-state index contributed by atoms with van der Waals surface area (Å²) in [5.41, 5.74) is 1.83. The highest BCUT2D eigenvalue weighted by Crippen LogP contribution is 2.22. The van der Waals surface area contributed by atoms with Crippen LogP contribution < -0.4 is 15.0 Å². The molecular weight excluding hydrogens is 370 g/mol. The average Bonchev–Trinajstić information content (AvgIpc) is 3.28. The topological polar surface area (TPSA) is 79.8 Å². The average molecular weight is 397 g/mol. The van der Waals surface area contributed by atoms with E-state index in [0.717, 1.165) is 42.5 Å². The van der Waals surface area contributed by atoms with E-state index in [1.807, 2.05) is 42.2 Å². The van der Waals surface area contributed by atoms with Gasteiger partial charge in [-0.1, -0.05) is 0 Å². The Morgan fingerprint density at radius 1 is 1.17 bits per heavy atom. The van der Waals surface area contributed by atoms with E-state index >= 15 is 0 Å². The largest absolute Gasteiger partial charge is 0.497 e. The van der Waals surface area contributed by atoms with Gasteiger partial charge in [0.25, 0.3) is 0 Å². The second-order valence-electron chi connectivity index (χ2n) is 7.42. The van der Waals surface area contributed by atoms with Crippen molar-refractivity contribution in [3.63, 3.8) is 0 Å². The summed E-state index contributed by atoms with van der Waals surface area (Å²) in [5, 5.41) is 3.33. The first-order valence-corrected chi connectivity index (χ1v) is 10.0. The molecule has 1 unspecified atom stereocenters. The molecule has 2 fully saturated rings. The van der Waals surface area contributed by atoms with Gasteiger partial charge < -0.3 is 24.6 Å². The summed E-state index contributed by atoms with van der Waals surface area (Å²) < 4.78 is 10.6. The van der Waals surface area contributed by atoms with Gasteiger partial charge in [-0.15, -0.1) is 0 Å². The number of carbonyl (C=O) groups is 1. The summed E-state index contributed by atoms with van der Waals surface area (Å²) in [4.78, 5) is 26.0. The zero-order valence-corrected chi connectivity index (χ0v) is 16.9. The third-order valence-corrected chi connectivity index (χ3v) is 5.36. The van der Waals surface area contributed by atoms with Crippen molar-refractivity contribution in [1.82, 2.24) is 14.9 Å². The Morgan fingerprint density at radius 3 is 2.59 bits per heavy atom. The third kappa shape index (κ3) is 4.59. The van der Waals surface area contributed by atoms with Crippen LogP contribution in [0.5, 0.6) is 5.75 Å². The molecule has 29 heavy (non-hydrogen) atoms. The highest BCUT2D eigenvalue weighted by atomic mass is 16.5. The van der Waals surface area contributed by atoms with E-state index in [-0.39, 0.29) is 11.8 Å². The van der Waals surface area contributed by atoms with Gasteiger partial charge in [0.1, 0.15) is 11.6 Å². The lowest BCUT2D eigenvalue weighted by atomic mass is 10.1. The maximum Gasteiger partial charge on any atom is 0.228 e. The number of aromatic nitrogens is 2. The standard InChI is InChI=1S/C21H27N5O3/c1-15-13-19(23-17-3-5-18(28-2)6-4-17)24-21(22-15)26-10-8-25(9-11-26)20(27)16-7-12-29-14-16/h3-6,13,16H,7-12,14H2,1-2H3,(H,22,23,24). The van der Waals surface area contributed by atoms with Crippen molar-refractivity contribution < 1.29 is 14.3 Å². The normalized spacial score (nSPS) is 19.3. The molecule has 0 radical (unpaired) electrons. The van der Waals surface area contributed by atoms with Crippen LogP contribution in [0.3, 0.4) is 0 Å². The molecule has 8 heteroatoms. The highest BCUT2D eigenvalue weighted by Gasteiger charge is 2.30. The number of ether oxygens (including phenoxy) is 2. The molecule has 2 saturated heterocycles. The fourth-order valence-corrected chi connectivity index (χ4v) is 3.69. The molecule has 0 saturated carbocycles. The van der Waals surface area contributed by atoms with E-state index < -0.39 is 0 Å². The molecule has 4 rings (SSSR count). The molecule has 1 aromatic heterocycles. The first kappa shape index (κ1) is 19.4. The monoisotopic (exact) mass is 397 g/mol. The highest BCUT2D eigenvalue weighted by molar-refractivity contribution is 5.79. The number of benzene rings is 1. The number of hydrogen-bond acceptors (Lipinski definition) is 7. The van der Waals surface area contributed by atoms with Crippen LogP contribution in [0.15, 0.2) is 30.3 Å². The number of nitrogens with one attached hydrogen (secondary N) is 1. The second kappa shape index (κ2) is 8.65. The fourth-order valence-electron chi connectivity index (χ4n) is 3.69. The molecule has 154 valence electrons. The van der Waals surface area contributed by atoms with Crippen LogP contribution in [0.1, 0.15) is 12.1 Å². The van der Waals surface area contributed by atoms with Crippen molar-refractivity contribution >= 4 is 23.4 Å². The number of amides is 1. The van der Waals surface area contributed by atoms with Crippen molar-refractivity contribution in [3.8, 4) is 5.75 Å². The van der Waals surface area contributed by atoms with Crippen LogP contribution in [0.25, 0.3) is 0 Å². The lowest BCUT2D eigenvalue weighted by Gasteiger charge is -2.36. The third-order valence-electron chi connectivity index (χ3n) is 5.36. The molecular formula is C21H27N5O3. The van der Waals surface area contributed by atoms with Crippen molar-refractivity contribution in [3.05, 3.63) is 36.0 Å². The smallest absolute Gasteiger partial charge is 0.228 e. The number of anilines is 3. The van der Waals surface area contributed by atoms with Crippen LogP contribution >= 0.6 is 0 Å². The van der Waals surface area contributed by atoms with Gasteiger partial charge in [-0.3, -0.25) is 4.79 Å². The quantitative estimate of drug-likeness (QED) is 0.829. The minimum Gasteiger partial charge on any atom is -0.497 e. The van der Waals surface area contributed by atoms with Gasteiger partial charge in [0.05, 0.1) is 19.6 Å². The maximum absolute atomic E-state index is 12.6. The van der Waals surface area contributed by atoms with Crippen LogP contribution in [0.4, 0.5) is 17.5 Å². The molecule has 1 amide bonds. The minimum atomic E-state index is 0.0251. The summed E-state index contributed by atoms with van der Waals surface area (Å²) in [6.07, 6.45) is 0.834. The molecule has 2 aromatic rings. The predicted octanol–water partition coefficient (Wildman–Crippen LogP) is 2.22. The lowest BCUT2D eigenvalue weighted by Crippen LogP contribution is -2.51. The van der Waals surface area contributed by atoms with E-state index in [0.29, 0.717) is 32.3 Å². The SMILES string of the molecule is COc1ccc(Nc2cc(C)nc(N3CCN(C(=O)C4CCOC4)CC3)n2)cc1. The number of carbonyl (C=O) groups excluding carboxylic acids is 1.